The summed E-state index contributed by atoms with van der Waals surface area (Å²) in [5, 5.41) is 9.20. The number of carbonyl (C=O) groups excluding carboxylic acids is 2. The molecule has 1 aliphatic rings. The Hall–Kier alpha value is -3.65. The van der Waals surface area contributed by atoms with Crippen LogP contribution in [0.4, 0.5) is 4.79 Å². The molecule has 1 atom stereocenters. The predicted molar refractivity (Wildman–Crippen MR) is 169 cm³/mol. The van der Waals surface area contributed by atoms with Crippen molar-refractivity contribution >= 4 is 62.3 Å². The highest BCUT2D eigenvalue weighted by atomic mass is 35.5. The van der Waals surface area contributed by atoms with Crippen molar-refractivity contribution in [2.75, 3.05) is 13.2 Å². The minimum Gasteiger partial charge on any atom is -0.462 e. The van der Waals surface area contributed by atoms with Crippen LogP contribution in [-0.4, -0.2) is 29.4 Å². The lowest BCUT2D eigenvalue weighted by molar-refractivity contribution is -0.137. The van der Waals surface area contributed by atoms with Gasteiger partial charge < -0.3 is 15.4 Å². The molecule has 0 saturated heterocycles. The van der Waals surface area contributed by atoms with Gasteiger partial charge >= 0.3 is 12.0 Å². The SMILES string of the molecule is CCOC(=O)C1=C(CC)c2c(ccc3cccc(CCNC(=O)NC(c4ccc(Cl)cc4)c4ccc(Cl)cc4)c23)S1=O. The van der Waals surface area contributed by atoms with E-state index in [0.29, 0.717) is 34.3 Å². The summed E-state index contributed by atoms with van der Waals surface area (Å²) < 4.78 is 18.6. The average Bonchev–Trinajstić information content (AvgIpc) is 3.28. The second kappa shape index (κ2) is 13.1. The zero-order valence-corrected chi connectivity index (χ0v) is 25.5. The fourth-order valence-corrected chi connectivity index (χ4v) is 7.08. The van der Waals surface area contributed by atoms with Gasteiger partial charge in [0.2, 0.25) is 0 Å². The van der Waals surface area contributed by atoms with Gasteiger partial charge in [-0.3, -0.25) is 0 Å². The van der Waals surface area contributed by atoms with Gasteiger partial charge in [-0.25, -0.2) is 13.8 Å². The molecule has 4 aromatic carbocycles. The van der Waals surface area contributed by atoms with Gasteiger partial charge in [0.15, 0.2) is 0 Å². The molecule has 0 bridgehead atoms. The van der Waals surface area contributed by atoms with Crippen LogP contribution in [0, 0.1) is 0 Å². The van der Waals surface area contributed by atoms with Crippen molar-refractivity contribution in [3.63, 3.8) is 0 Å². The number of nitrogens with one attached hydrogen (secondary N) is 2. The number of esters is 1. The van der Waals surface area contributed by atoms with Gasteiger partial charge in [0.1, 0.15) is 4.91 Å². The summed E-state index contributed by atoms with van der Waals surface area (Å²) in [7, 11) is -1.61. The van der Waals surface area contributed by atoms with Crippen LogP contribution in [0.1, 0.15) is 48.6 Å². The molecule has 2 N–H and O–H groups in total. The smallest absolute Gasteiger partial charge is 0.347 e. The Kier molecular flexibility index (Phi) is 9.31. The number of fused-ring (bicyclic) bond motifs is 3. The molecule has 6 nitrogen and oxygen atoms in total. The van der Waals surface area contributed by atoms with Crippen LogP contribution in [0.5, 0.6) is 0 Å². The number of urea groups is 1. The number of hydrogen-bond donors (Lipinski definition) is 2. The standard InChI is InChI=1S/C33H30Cl2N2O4S/c1-3-26-29-27(42(40)31(26)32(38)41-4-2)17-12-20-6-5-7-21(28(20)29)18-19-36-33(39)37-30(22-8-13-24(34)14-9-22)23-10-15-25(35)16-11-23/h5-17,30H,3-4,18-19H2,1-2H3,(H2,36,37,39). The fraction of sp³-hybridized carbons (Fsp3) is 0.212. The highest BCUT2D eigenvalue weighted by Crippen LogP contribution is 2.44. The first-order valence-corrected chi connectivity index (χ1v) is 15.6. The zero-order valence-electron chi connectivity index (χ0n) is 23.2. The van der Waals surface area contributed by atoms with E-state index in [4.69, 9.17) is 27.9 Å². The number of carbonyl (C=O) groups is 2. The summed E-state index contributed by atoms with van der Waals surface area (Å²) in [5.41, 5.74) is 4.34. The molecule has 1 heterocycles. The lowest BCUT2D eigenvalue weighted by atomic mass is 9.92. The predicted octanol–water partition coefficient (Wildman–Crippen LogP) is 7.58. The minimum absolute atomic E-state index is 0.212. The molecule has 216 valence electrons. The Bertz CT molecular complexity index is 1660. The second-order valence-corrected chi connectivity index (χ2v) is 12.0. The van der Waals surface area contributed by atoms with Crippen LogP contribution >= 0.6 is 23.2 Å². The van der Waals surface area contributed by atoms with Crippen molar-refractivity contribution in [2.24, 2.45) is 0 Å². The number of hydrogen-bond acceptors (Lipinski definition) is 4. The normalized spacial score (nSPS) is 14.3. The first-order chi connectivity index (χ1) is 20.3. The molecule has 0 aliphatic carbocycles. The van der Waals surface area contributed by atoms with E-state index in [-0.39, 0.29) is 17.5 Å². The summed E-state index contributed by atoms with van der Waals surface area (Å²) in [6.45, 7) is 4.26. The monoisotopic (exact) mass is 620 g/mol. The number of allylic oxidation sites excluding steroid dienone is 1. The van der Waals surface area contributed by atoms with Crippen LogP contribution in [-0.2, 0) is 26.8 Å². The Balaban J connectivity index is 1.38. The quantitative estimate of drug-likeness (QED) is 0.189. The van der Waals surface area contributed by atoms with Crippen LogP contribution < -0.4 is 10.6 Å². The summed E-state index contributed by atoms with van der Waals surface area (Å²) in [6, 6.07) is 23.7. The molecule has 42 heavy (non-hydrogen) atoms. The third-order valence-corrected chi connectivity index (χ3v) is 9.26. The average molecular weight is 622 g/mol. The molecule has 5 rings (SSSR count). The number of benzene rings is 4. The van der Waals surface area contributed by atoms with Crippen molar-refractivity contribution in [3.8, 4) is 0 Å². The van der Waals surface area contributed by atoms with Gasteiger partial charge in [0.05, 0.1) is 28.3 Å². The molecule has 4 aromatic rings. The Morgan fingerprint density at radius 1 is 0.881 bits per heavy atom. The van der Waals surface area contributed by atoms with Gasteiger partial charge in [-0.1, -0.05) is 78.7 Å². The van der Waals surface area contributed by atoms with Crippen LogP contribution in [0.15, 0.2) is 88.7 Å². The second-order valence-electron chi connectivity index (χ2n) is 9.79. The molecule has 9 heteroatoms. The van der Waals surface area contributed by atoms with E-state index in [1.54, 1.807) is 31.2 Å². The van der Waals surface area contributed by atoms with Crippen molar-refractivity contribution in [3.05, 3.63) is 116 Å². The summed E-state index contributed by atoms with van der Waals surface area (Å²) in [6.07, 6.45) is 1.07. The third kappa shape index (κ3) is 6.09. The van der Waals surface area contributed by atoms with E-state index >= 15 is 0 Å². The van der Waals surface area contributed by atoms with E-state index in [9.17, 15) is 13.8 Å². The molecule has 0 radical (unpaired) electrons. The van der Waals surface area contributed by atoms with Crippen molar-refractivity contribution < 1.29 is 18.5 Å². The molecular weight excluding hydrogens is 591 g/mol. The van der Waals surface area contributed by atoms with Crippen molar-refractivity contribution in [1.29, 1.82) is 0 Å². The third-order valence-electron chi connectivity index (χ3n) is 7.23. The molecule has 0 spiro atoms. The van der Waals surface area contributed by atoms with E-state index in [2.05, 4.69) is 10.6 Å². The maximum Gasteiger partial charge on any atom is 0.347 e. The van der Waals surface area contributed by atoms with Gasteiger partial charge in [-0.05, 0) is 83.1 Å². The van der Waals surface area contributed by atoms with Crippen molar-refractivity contribution in [1.82, 2.24) is 10.6 Å². The highest BCUT2D eigenvalue weighted by Gasteiger charge is 2.35. The number of halogens is 2. The van der Waals surface area contributed by atoms with Crippen LogP contribution in [0.3, 0.4) is 0 Å². The van der Waals surface area contributed by atoms with E-state index in [1.165, 1.54) is 0 Å². The first-order valence-electron chi connectivity index (χ1n) is 13.7. The lowest BCUT2D eigenvalue weighted by Gasteiger charge is -2.21. The van der Waals surface area contributed by atoms with Gasteiger partial charge in [0, 0.05) is 22.2 Å². The number of rotatable bonds is 9. The maximum atomic E-state index is 13.4. The van der Waals surface area contributed by atoms with E-state index in [0.717, 1.165) is 38.6 Å². The molecule has 2 amide bonds. The van der Waals surface area contributed by atoms with Gasteiger partial charge in [0.25, 0.3) is 0 Å². The van der Waals surface area contributed by atoms with Crippen molar-refractivity contribution in [2.45, 2.75) is 37.6 Å². The summed E-state index contributed by atoms with van der Waals surface area (Å²) in [4.78, 5) is 26.7. The molecule has 0 fully saturated rings. The molecule has 1 unspecified atom stereocenters. The first kappa shape index (κ1) is 29.8. The molecule has 0 saturated carbocycles. The number of amides is 2. The van der Waals surface area contributed by atoms with Gasteiger partial charge in [-0.15, -0.1) is 0 Å². The van der Waals surface area contributed by atoms with Gasteiger partial charge in [-0.2, -0.15) is 0 Å². The van der Waals surface area contributed by atoms with Crippen LogP contribution in [0.25, 0.3) is 16.3 Å². The fourth-order valence-electron chi connectivity index (χ4n) is 5.33. The molecular formula is C33H30Cl2N2O4S. The van der Waals surface area contributed by atoms with E-state index < -0.39 is 22.8 Å². The topological polar surface area (TPSA) is 84.5 Å². The molecule has 1 aliphatic heterocycles. The summed E-state index contributed by atoms with van der Waals surface area (Å²) >= 11 is 12.2. The lowest BCUT2D eigenvalue weighted by Crippen LogP contribution is -2.39. The summed E-state index contributed by atoms with van der Waals surface area (Å²) in [5.74, 6) is -0.538. The molecule has 0 aromatic heterocycles. The minimum atomic E-state index is -1.61. The Morgan fingerprint density at radius 2 is 1.52 bits per heavy atom. The van der Waals surface area contributed by atoms with E-state index in [1.807, 2.05) is 61.5 Å². The maximum absolute atomic E-state index is 13.4. The highest BCUT2D eigenvalue weighted by molar-refractivity contribution is 7.90. The Labute approximate surface area is 257 Å². The van der Waals surface area contributed by atoms with Crippen LogP contribution in [0.2, 0.25) is 10.0 Å². The zero-order chi connectivity index (χ0) is 29.8. The largest absolute Gasteiger partial charge is 0.462 e. The number of ether oxygens (including phenoxy) is 1. The Morgan fingerprint density at radius 3 is 2.12 bits per heavy atom.